The van der Waals surface area contributed by atoms with Crippen LogP contribution in [-0.2, 0) is 4.74 Å². The largest absolute Gasteiger partial charge is 0.500 e. The minimum atomic E-state index is -0.527. The lowest BCUT2D eigenvalue weighted by Crippen LogP contribution is -2.23. The average Bonchev–Trinajstić information content (AvgIpc) is 2.88. The number of hydrogen-bond donors (Lipinski definition) is 0. The Hall–Kier alpha value is -2.40. The summed E-state index contributed by atoms with van der Waals surface area (Å²) < 4.78 is 11.6. The van der Waals surface area contributed by atoms with Gasteiger partial charge in [0.2, 0.25) is 0 Å². The summed E-state index contributed by atoms with van der Waals surface area (Å²) in [6.07, 6.45) is 9.87. The fourth-order valence-corrected chi connectivity index (χ4v) is 10.3. The highest BCUT2D eigenvalue weighted by molar-refractivity contribution is 7.74. The van der Waals surface area contributed by atoms with Crippen molar-refractivity contribution in [2.45, 2.75) is 12.1 Å². The van der Waals surface area contributed by atoms with Gasteiger partial charge in [0.1, 0.15) is 11.5 Å². The lowest BCUT2D eigenvalue weighted by molar-refractivity contribution is 0.279. The van der Waals surface area contributed by atoms with Crippen LogP contribution in [0.15, 0.2) is 109 Å². The van der Waals surface area contributed by atoms with E-state index in [2.05, 4.69) is 103 Å². The summed E-state index contributed by atoms with van der Waals surface area (Å²) in [6.45, 7) is 0. The Morgan fingerprint density at radius 3 is 2.09 bits per heavy atom. The van der Waals surface area contributed by atoms with Gasteiger partial charge < -0.3 is 9.47 Å². The van der Waals surface area contributed by atoms with Gasteiger partial charge in [-0.2, -0.15) is 0 Å². The van der Waals surface area contributed by atoms with Gasteiger partial charge >= 0.3 is 0 Å². The van der Waals surface area contributed by atoms with Crippen molar-refractivity contribution in [1.82, 2.24) is 0 Å². The maximum atomic E-state index is 5.83. The standard InChI is InChI=1S/C28H30O2P2/c1-29-25-17-9-11-19-27(25)31(23-13-5-3-6-14-23)21-22-32(24-15-7-4-8-16-24)28-20-12-10-18-26(28)30-2/h3-19,28H,20-22H2,1-2H3/t28?,31-,32-/m0/s1. The highest BCUT2D eigenvalue weighted by Crippen LogP contribution is 2.50. The van der Waals surface area contributed by atoms with Gasteiger partial charge in [-0.3, -0.25) is 0 Å². The van der Waals surface area contributed by atoms with E-state index in [0.29, 0.717) is 5.66 Å². The fourth-order valence-electron chi connectivity index (χ4n) is 4.22. The van der Waals surface area contributed by atoms with Crippen molar-refractivity contribution in [2.24, 2.45) is 0 Å². The molecule has 0 spiro atoms. The Balaban J connectivity index is 1.67. The molecule has 4 rings (SSSR count). The Morgan fingerprint density at radius 1 is 0.750 bits per heavy atom. The van der Waals surface area contributed by atoms with Gasteiger partial charge in [-0.05, 0) is 49.4 Å². The number of allylic oxidation sites excluding steroid dienone is 4. The summed E-state index contributed by atoms with van der Waals surface area (Å²) in [5.41, 5.74) is 0.424. The predicted molar refractivity (Wildman–Crippen MR) is 141 cm³/mol. The molecular weight excluding hydrogens is 430 g/mol. The quantitative estimate of drug-likeness (QED) is 0.376. The first-order chi connectivity index (χ1) is 15.8. The molecule has 164 valence electrons. The molecule has 32 heavy (non-hydrogen) atoms. The van der Waals surface area contributed by atoms with Crippen LogP contribution in [0.2, 0.25) is 0 Å². The van der Waals surface area contributed by atoms with E-state index in [1.807, 2.05) is 7.11 Å². The highest BCUT2D eigenvalue weighted by atomic mass is 31.1. The summed E-state index contributed by atoms with van der Waals surface area (Å²) in [5, 5.41) is 4.18. The minimum absolute atomic E-state index is 0.415. The van der Waals surface area contributed by atoms with Gasteiger partial charge in [0.05, 0.1) is 14.2 Å². The minimum Gasteiger partial charge on any atom is -0.500 e. The molecule has 0 saturated carbocycles. The monoisotopic (exact) mass is 460 g/mol. The van der Waals surface area contributed by atoms with Gasteiger partial charge in [-0.25, -0.2) is 0 Å². The maximum absolute atomic E-state index is 5.83. The maximum Gasteiger partial charge on any atom is 0.126 e. The zero-order valence-corrected chi connectivity index (χ0v) is 20.5. The number of ether oxygens (including phenoxy) is 2. The van der Waals surface area contributed by atoms with E-state index in [1.165, 1.54) is 15.9 Å². The normalized spacial score (nSPS) is 17.3. The topological polar surface area (TPSA) is 18.5 Å². The van der Waals surface area contributed by atoms with Crippen molar-refractivity contribution in [1.29, 1.82) is 0 Å². The molecule has 3 aromatic carbocycles. The molecule has 4 heteroatoms. The SMILES string of the molecule is COC1=CC=CCC1[P@@](CC[P@@](c1ccccc1)c1ccccc1OC)c1ccccc1. The third-order valence-corrected chi connectivity index (χ3v) is 11.6. The van der Waals surface area contributed by atoms with E-state index < -0.39 is 15.8 Å². The second-order valence-electron chi connectivity index (χ2n) is 7.64. The van der Waals surface area contributed by atoms with Crippen LogP contribution in [0.25, 0.3) is 0 Å². The molecule has 0 aliphatic heterocycles. The first-order valence-electron chi connectivity index (χ1n) is 11.0. The molecule has 1 aliphatic rings. The Labute approximate surface area is 194 Å². The molecule has 0 fully saturated rings. The fraction of sp³-hybridized carbons (Fsp3) is 0.214. The number of benzene rings is 3. The Morgan fingerprint density at radius 2 is 1.41 bits per heavy atom. The van der Waals surface area contributed by atoms with Gasteiger partial charge in [0.15, 0.2) is 0 Å². The van der Waals surface area contributed by atoms with Crippen molar-refractivity contribution in [3.8, 4) is 5.75 Å². The van der Waals surface area contributed by atoms with Gasteiger partial charge in [0, 0.05) is 11.0 Å². The Kier molecular flexibility index (Phi) is 8.16. The van der Waals surface area contributed by atoms with Gasteiger partial charge in [0.25, 0.3) is 0 Å². The van der Waals surface area contributed by atoms with Crippen LogP contribution < -0.4 is 20.7 Å². The Bertz CT molecular complexity index is 1050. The predicted octanol–water partition coefficient (Wildman–Crippen LogP) is 5.79. The molecule has 0 aromatic heterocycles. The van der Waals surface area contributed by atoms with Gasteiger partial charge in [-0.1, -0.05) is 98.9 Å². The van der Waals surface area contributed by atoms with E-state index in [-0.39, 0.29) is 0 Å². The third kappa shape index (κ3) is 5.32. The molecule has 0 amide bonds. The van der Waals surface area contributed by atoms with Crippen LogP contribution in [-0.4, -0.2) is 32.2 Å². The summed E-state index contributed by atoms with van der Waals surface area (Å²) in [7, 11) is 2.64. The zero-order chi connectivity index (χ0) is 22.2. The first kappa shape index (κ1) is 22.8. The van der Waals surface area contributed by atoms with Crippen molar-refractivity contribution in [3.05, 3.63) is 109 Å². The molecule has 0 radical (unpaired) electrons. The summed E-state index contributed by atoms with van der Waals surface area (Å²) in [5.74, 6) is 2.10. The van der Waals surface area contributed by atoms with E-state index >= 15 is 0 Å². The second kappa shape index (κ2) is 11.5. The van der Waals surface area contributed by atoms with Crippen LogP contribution in [0.5, 0.6) is 5.75 Å². The molecule has 0 N–H and O–H groups in total. The third-order valence-electron chi connectivity index (χ3n) is 5.79. The van der Waals surface area contributed by atoms with Crippen molar-refractivity contribution < 1.29 is 9.47 Å². The van der Waals surface area contributed by atoms with Crippen LogP contribution in [0.1, 0.15) is 6.42 Å². The van der Waals surface area contributed by atoms with Crippen molar-refractivity contribution >= 4 is 31.8 Å². The molecule has 2 nitrogen and oxygen atoms in total. The zero-order valence-electron chi connectivity index (χ0n) is 18.7. The van der Waals surface area contributed by atoms with E-state index in [9.17, 15) is 0 Å². The second-order valence-corrected chi connectivity index (χ2v) is 12.5. The first-order valence-corrected chi connectivity index (χ1v) is 14.1. The number of para-hydroxylation sites is 1. The molecule has 0 bridgehead atoms. The highest BCUT2D eigenvalue weighted by Gasteiger charge is 2.29. The van der Waals surface area contributed by atoms with E-state index in [4.69, 9.17) is 9.47 Å². The lowest BCUT2D eigenvalue weighted by atomic mass is 10.1. The van der Waals surface area contributed by atoms with Crippen LogP contribution in [0.3, 0.4) is 0 Å². The van der Waals surface area contributed by atoms with E-state index in [0.717, 1.165) is 30.3 Å². The molecule has 1 unspecified atom stereocenters. The molecule has 3 aromatic rings. The number of rotatable bonds is 9. The lowest BCUT2D eigenvalue weighted by Gasteiger charge is -2.31. The van der Waals surface area contributed by atoms with E-state index in [1.54, 1.807) is 7.11 Å². The number of methoxy groups -OCH3 is 2. The molecule has 0 heterocycles. The molecule has 0 saturated heterocycles. The average molecular weight is 460 g/mol. The van der Waals surface area contributed by atoms with Crippen LogP contribution in [0, 0.1) is 0 Å². The molecule has 3 atom stereocenters. The summed E-state index contributed by atoms with van der Waals surface area (Å²) in [4.78, 5) is 0. The smallest absolute Gasteiger partial charge is 0.126 e. The summed E-state index contributed by atoms with van der Waals surface area (Å²) >= 11 is 0. The molecule has 1 aliphatic carbocycles. The molecular formula is C28H30O2P2. The number of hydrogen-bond acceptors (Lipinski definition) is 2. The van der Waals surface area contributed by atoms with Crippen molar-refractivity contribution in [2.75, 3.05) is 26.5 Å². The van der Waals surface area contributed by atoms with Crippen LogP contribution in [0.4, 0.5) is 0 Å². The van der Waals surface area contributed by atoms with Gasteiger partial charge in [-0.15, -0.1) is 0 Å². The summed E-state index contributed by atoms with van der Waals surface area (Å²) in [6, 6.07) is 30.5. The van der Waals surface area contributed by atoms with Crippen molar-refractivity contribution in [3.63, 3.8) is 0 Å². The van der Waals surface area contributed by atoms with Crippen LogP contribution >= 0.6 is 15.8 Å².